The van der Waals surface area contributed by atoms with E-state index in [1.807, 2.05) is 33.8 Å². The molecule has 1 aliphatic carbocycles. The molecule has 3 aliphatic rings. The van der Waals surface area contributed by atoms with E-state index < -0.39 is 53.0 Å². The number of benzene rings is 1. The van der Waals surface area contributed by atoms with Gasteiger partial charge in [0, 0.05) is 29.8 Å². The lowest BCUT2D eigenvalue weighted by molar-refractivity contribution is -0.150. The van der Waals surface area contributed by atoms with Gasteiger partial charge in [-0.1, -0.05) is 82.3 Å². The van der Waals surface area contributed by atoms with E-state index in [0.29, 0.717) is 30.0 Å². The number of likely N-dealkylation sites (tertiary alicyclic amines) is 1. The Hall–Kier alpha value is -3.18. The molecule has 0 bridgehead atoms. The standard InChI is InChI=1S/C33H47ClN4O7/c1-5-10-23(27(40)31(43)44)35-29(41)25-18-33(17-24(37-45-33)21-13-9-14-22(34)16-21)19-38(25)30(42)28(32(2,3)4)36-26(39)15-20-11-7-6-8-12-20/h9,13-14,16,20,23,25,27-28,40H,5-8,10-12,15,17-19H2,1-4H3,(H,35,41)(H,36,39)(H,43,44)/t23-,25-,27?,28+,33+/m0/s1. The lowest BCUT2D eigenvalue weighted by atomic mass is 9.84. The van der Waals surface area contributed by atoms with E-state index in [2.05, 4.69) is 15.8 Å². The molecule has 12 heteroatoms. The van der Waals surface area contributed by atoms with Gasteiger partial charge in [0.1, 0.15) is 12.1 Å². The minimum atomic E-state index is -1.81. The molecule has 1 saturated carbocycles. The van der Waals surface area contributed by atoms with Crippen LogP contribution in [0.1, 0.15) is 97.5 Å². The number of hydrogen-bond donors (Lipinski definition) is 4. The highest BCUT2D eigenvalue weighted by atomic mass is 35.5. The van der Waals surface area contributed by atoms with Crippen molar-refractivity contribution in [2.45, 2.75) is 122 Å². The number of amides is 3. The Balaban J connectivity index is 1.60. The van der Waals surface area contributed by atoms with Crippen LogP contribution in [0.4, 0.5) is 0 Å². The number of hydrogen-bond acceptors (Lipinski definition) is 7. The van der Waals surface area contributed by atoms with Crippen LogP contribution in [0.25, 0.3) is 0 Å². The van der Waals surface area contributed by atoms with Gasteiger partial charge in [-0.25, -0.2) is 4.79 Å². The number of carbonyl (C=O) groups is 4. The molecule has 45 heavy (non-hydrogen) atoms. The van der Waals surface area contributed by atoms with E-state index in [1.54, 1.807) is 18.2 Å². The maximum atomic E-state index is 14.4. The maximum absolute atomic E-state index is 14.4. The maximum Gasteiger partial charge on any atom is 0.334 e. The second-order valence-electron chi connectivity index (χ2n) is 13.9. The van der Waals surface area contributed by atoms with Crippen molar-refractivity contribution >= 4 is 41.0 Å². The van der Waals surface area contributed by atoms with Crippen molar-refractivity contribution in [3.63, 3.8) is 0 Å². The summed E-state index contributed by atoms with van der Waals surface area (Å²) in [6.45, 7) is 7.44. The van der Waals surface area contributed by atoms with E-state index in [9.17, 15) is 29.4 Å². The Labute approximate surface area is 270 Å². The molecule has 1 spiro atoms. The zero-order chi connectivity index (χ0) is 32.9. The number of carbonyl (C=O) groups excluding carboxylic acids is 3. The monoisotopic (exact) mass is 646 g/mol. The van der Waals surface area contributed by atoms with Gasteiger partial charge in [-0.3, -0.25) is 14.4 Å². The van der Waals surface area contributed by atoms with E-state index in [4.69, 9.17) is 16.4 Å². The zero-order valence-corrected chi connectivity index (χ0v) is 27.4. The lowest BCUT2D eigenvalue weighted by Crippen LogP contribution is -2.59. The van der Waals surface area contributed by atoms with Crippen LogP contribution >= 0.6 is 11.6 Å². The average molecular weight is 647 g/mol. The summed E-state index contributed by atoms with van der Waals surface area (Å²) in [4.78, 5) is 60.5. The van der Waals surface area contributed by atoms with Crippen LogP contribution in [0.2, 0.25) is 5.02 Å². The Bertz CT molecular complexity index is 1290. The lowest BCUT2D eigenvalue weighted by Gasteiger charge is -2.36. The van der Waals surface area contributed by atoms with E-state index in [0.717, 1.165) is 31.2 Å². The summed E-state index contributed by atoms with van der Waals surface area (Å²) in [5.74, 6) is -2.38. The third-order valence-electron chi connectivity index (χ3n) is 9.16. The number of oxime groups is 1. The van der Waals surface area contributed by atoms with Crippen molar-refractivity contribution in [1.29, 1.82) is 0 Å². The Morgan fingerprint density at radius 3 is 2.49 bits per heavy atom. The molecule has 4 rings (SSSR count). The van der Waals surface area contributed by atoms with Gasteiger partial charge in [0.15, 0.2) is 11.7 Å². The number of nitrogens with zero attached hydrogens (tertiary/aromatic N) is 2. The summed E-state index contributed by atoms with van der Waals surface area (Å²) in [5, 5.41) is 30.3. The molecule has 1 saturated heterocycles. The molecule has 3 amide bonds. The normalized spacial score (nSPS) is 24.0. The molecule has 0 aromatic heterocycles. The molecule has 1 unspecified atom stereocenters. The minimum Gasteiger partial charge on any atom is -0.479 e. The molecule has 0 radical (unpaired) electrons. The van der Waals surface area contributed by atoms with Gasteiger partial charge in [0.25, 0.3) is 0 Å². The fraction of sp³-hybridized carbons (Fsp3) is 0.667. The van der Waals surface area contributed by atoms with Gasteiger partial charge in [-0.2, -0.15) is 0 Å². The predicted molar refractivity (Wildman–Crippen MR) is 170 cm³/mol. The van der Waals surface area contributed by atoms with Gasteiger partial charge in [0.2, 0.25) is 17.7 Å². The molecule has 2 fully saturated rings. The summed E-state index contributed by atoms with van der Waals surface area (Å²) in [7, 11) is 0. The summed E-state index contributed by atoms with van der Waals surface area (Å²) in [6.07, 6.45) is 5.04. The number of carboxylic acids is 1. The molecule has 4 N–H and O–H groups in total. The van der Waals surface area contributed by atoms with E-state index in [1.165, 1.54) is 11.3 Å². The Morgan fingerprint density at radius 1 is 1.16 bits per heavy atom. The molecule has 2 aliphatic heterocycles. The van der Waals surface area contributed by atoms with Crippen LogP contribution in [0.5, 0.6) is 0 Å². The largest absolute Gasteiger partial charge is 0.479 e. The average Bonchev–Trinajstić information content (AvgIpc) is 3.58. The van der Waals surface area contributed by atoms with Crippen LogP contribution in [0.3, 0.4) is 0 Å². The van der Waals surface area contributed by atoms with Crippen LogP contribution in [0, 0.1) is 11.3 Å². The molecular weight excluding hydrogens is 600 g/mol. The summed E-state index contributed by atoms with van der Waals surface area (Å²) >= 11 is 6.21. The first-order chi connectivity index (χ1) is 21.2. The fourth-order valence-corrected chi connectivity index (χ4v) is 6.90. The van der Waals surface area contributed by atoms with Gasteiger partial charge >= 0.3 is 5.97 Å². The first kappa shape index (κ1) is 34.7. The summed E-state index contributed by atoms with van der Waals surface area (Å²) < 4.78 is 0. The molecule has 5 atom stereocenters. The molecule has 2 heterocycles. The van der Waals surface area contributed by atoms with Crippen LogP contribution in [-0.2, 0) is 24.0 Å². The Kier molecular flexibility index (Phi) is 11.2. The number of aliphatic hydroxyl groups excluding tert-OH is 1. The fourth-order valence-electron chi connectivity index (χ4n) is 6.71. The minimum absolute atomic E-state index is 0.0302. The van der Waals surface area contributed by atoms with Gasteiger partial charge < -0.3 is 30.6 Å². The molecule has 1 aromatic carbocycles. The van der Waals surface area contributed by atoms with Gasteiger partial charge in [-0.05, 0) is 42.7 Å². The topological polar surface area (TPSA) is 158 Å². The third-order valence-corrected chi connectivity index (χ3v) is 9.40. The van der Waals surface area contributed by atoms with Crippen molar-refractivity contribution in [3.05, 3.63) is 34.9 Å². The van der Waals surface area contributed by atoms with Crippen molar-refractivity contribution in [2.75, 3.05) is 6.54 Å². The van der Waals surface area contributed by atoms with Crippen molar-refractivity contribution in [3.8, 4) is 0 Å². The van der Waals surface area contributed by atoms with Crippen LogP contribution in [0.15, 0.2) is 29.4 Å². The molecule has 1 aromatic rings. The van der Waals surface area contributed by atoms with E-state index in [-0.39, 0.29) is 31.2 Å². The number of halogens is 1. The molecular formula is C33H47ClN4O7. The van der Waals surface area contributed by atoms with Crippen molar-refractivity contribution < 1.29 is 34.2 Å². The quantitative estimate of drug-likeness (QED) is 0.283. The summed E-state index contributed by atoms with van der Waals surface area (Å²) in [5.41, 5.74) is -0.306. The highest BCUT2D eigenvalue weighted by molar-refractivity contribution is 6.31. The first-order valence-electron chi connectivity index (χ1n) is 16.0. The number of nitrogens with one attached hydrogen (secondary N) is 2. The highest BCUT2D eigenvalue weighted by Gasteiger charge is 2.55. The first-order valence-corrected chi connectivity index (χ1v) is 16.4. The highest BCUT2D eigenvalue weighted by Crippen LogP contribution is 2.40. The SMILES string of the molecule is CCC[C@H](NC(=O)[C@@H]1C[C@]2(CC(c3cccc(Cl)c3)=NO2)CN1C(=O)[C@@H](NC(=O)CC1CCCCC1)C(C)(C)C)C(O)C(=O)O. The number of rotatable bonds is 11. The predicted octanol–water partition coefficient (Wildman–Crippen LogP) is 4.04. The van der Waals surface area contributed by atoms with Crippen LogP contribution in [-0.4, -0.2) is 80.9 Å². The van der Waals surface area contributed by atoms with E-state index >= 15 is 0 Å². The zero-order valence-electron chi connectivity index (χ0n) is 26.7. The smallest absolute Gasteiger partial charge is 0.334 e. The number of carboxylic acid groups (broad SMARTS) is 1. The summed E-state index contributed by atoms with van der Waals surface area (Å²) in [6, 6.07) is 4.15. The van der Waals surface area contributed by atoms with Crippen LogP contribution < -0.4 is 10.6 Å². The second-order valence-corrected chi connectivity index (χ2v) is 14.4. The van der Waals surface area contributed by atoms with Crippen molar-refractivity contribution in [2.24, 2.45) is 16.5 Å². The Morgan fingerprint density at radius 2 is 1.87 bits per heavy atom. The molecule has 248 valence electrons. The van der Waals surface area contributed by atoms with Gasteiger partial charge in [0.05, 0.1) is 18.3 Å². The third kappa shape index (κ3) is 8.55. The van der Waals surface area contributed by atoms with Gasteiger partial charge in [-0.15, -0.1) is 0 Å². The second kappa shape index (κ2) is 14.5. The number of aliphatic hydroxyl groups is 1. The van der Waals surface area contributed by atoms with Crippen molar-refractivity contribution in [1.82, 2.24) is 15.5 Å². The molecule has 11 nitrogen and oxygen atoms in total. The number of aliphatic carboxylic acids is 1.